The highest BCUT2D eigenvalue weighted by Gasteiger charge is 2.06. The third-order valence-corrected chi connectivity index (χ3v) is 3.94. The first kappa shape index (κ1) is 23.7. The number of anilines is 1. The zero-order chi connectivity index (χ0) is 21.6. The summed E-state index contributed by atoms with van der Waals surface area (Å²) in [5.41, 5.74) is 7.89. The monoisotopic (exact) mass is 393 g/mol. The SMILES string of the molecule is C/C=C\C=C/C(C)c1ccc(NC(=O)COc2cccc(C(=N)N)c2)cc1.CC. The molecule has 0 radical (unpaired) electrons. The summed E-state index contributed by atoms with van der Waals surface area (Å²) < 4.78 is 5.47. The second-order valence-corrected chi connectivity index (χ2v) is 6.10. The summed E-state index contributed by atoms with van der Waals surface area (Å²) in [5, 5.41) is 10.2. The van der Waals surface area contributed by atoms with E-state index in [0.717, 1.165) is 5.69 Å². The topological polar surface area (TPSA) is 88.2 Å². The molecule has 29 heavy (non-hydrogen) atoms. The van der Waals surface area contributed by atoms with Gasteiger partial charge < -0.3 is 15.8 Å². The summed E-state index contributed by atoms with van der Waals surface area (Å²) in [5.74, 6) is 0.495. The van der Waals surface area contributed by atoms with Gasteiger partial charge in [0.1, 0.15) is 11.6 Å². The molecule has 0 spiro atoms. The Balaban J connectivity index is 0.00000204. The number of nitrogen functional groups attached to an aromatic ring is 1. The summed E-state index contributed by atoms with van der Waals surface area (Å²) in [7, 11) is 0. The highest BCUT2D eigenvalue weighted by atomic mass is 16.5. The van der Waals surface area contributed by atoms with Gasteiger partial charge in [-0.25, -0.2) is 0 Å². The molecule has 1 unspecified atom stereocenters. The molecule has 0 bridgehead atoms. The van der Waals surface area contributed by atoms with Gasteiger partial charge in [-0.2, -0.15) is 0 Å². The first-order chi connectivity index (χ1) is 14.0. The molecule has 0 saturated heterocycles. The Morgan fingerprint density at radius 3 is 2.48 bits per heavy atom. The molecular weight excluding hydrogens is 362 g/mol. The van der Waals surface area contributed by atoms with Gasteiger partial charge in [-0.1, -0.05) is 69.3 Å². The van der Waals surface area contributed by atoms with Crippen LogP contribution in [-0.2, 0) is 4.79 Å². The van der Waals surface area contributed by atoms with Crippen LogP contribution in [0.3, 0.4) is 0 Å². The van der Waals surface area contributed by atoms with Gasteiger partial charge in [-0.3, -0.25) is 10.2 Å². The molecule has 0 saturated carbocycles. The average molecular weight is 394 g/mol. The van der Waals surface area contributed by atoms with Crippen molar-refractivity contribution >= 4 is 17.4 Å². The van der Waals surface area contributed by atoms with E-state index in [0.29, 0.717) is 17.2 Å². The van der Waals surface area contributed by atoms with Crippen molar-refractivity contribution in [1.29, 1.82) is 5.41 Å². The molecule has 0 aromatic heterocycles. The number of hydrogen-bond acceptors (Lipinski definition) is 3. The van der Waals surface area contributed by atoms with Crippen LogP contribution in [0.15, 0.2) is 72.8 Å². The molecule has 1 amide bonds. The number of amides is 1. The minimum absolute atomic E-state index is 0.0419. The highest BCUT2D eigenvalue weighted by molar-refractivity contribution is 5.95. The smallest absolute Gasteiger partial charge is 0.262 e. The Morgan fingerprint density at radius 1 is 1.17 bits per heavy atom. The lowest BCUT2D eigenvalue weighted by molar-refractivity contribution is -0.118. The number of carbonyl (C=O) groups is 1. The molecule has 0 heterocycles. The van der Waals surface area contributed by atoms with Crippen molar-refractivity contribution in [2.45, 2.75) is 33.6 Å². The number of amidine groups is 1. The molecule has 0 aliphatic carbocycles. The van der Waals surface area contributed by atoms with Crippen molar-refractivity contribution in [3.8, 4) is 5.75 Å². The molecule has 4 N–H and O–H groups in total. The minimum Gasteiger partial charge on any atom is -0.484 e. The van der Waals surface area contributed by atoms with Gasteiger partial charge in [-0.15, -0.1) is 0 Å². The van der Waals surface area contributed by atoms with Crippen LogP contribution in [0.1, 0.15) is 44.7 Å². The third-order valence-electron chi connectivity index (χ3n) is 3.94. The van der Waals surface area contributed by atoms with Crippen molar-refractivity contribution in [2.24, 2.45) is 5.73 Å². The molecule has 5 heteroatoms. The Kier molecular flexibility index (Phi) is 10.6. The van der Waals surface area contributed by atoms with Crippen LogP contribution >= 0.6 is 0 Å². The van der Waals surface area contributed by atoms with Crippen LogP contribution in [0.5, 0.6) is 5.75 Å². The molecular formula is C24H31N3O2. The van der Waals surface area contributed by atoms with Crippen molar-refractivity contribution < 1.29 is 9.53 Å². The van der Waals surface area contributed by atoms with E-state index >= 15 is 0 Å². The fraction of sp³-hybridized carbons (Fsp3) is 0.250. The zero-order valence-corrected chi connectivity index (χ0v) is 17.6. The Labute approximate surface area is 173 Å². The standard InChI is InChI=1S/C22H25N3O2.C2H6/c1-3-4-5-7-16(2)17-10-12-19(13-11-17)25-21(26)15-27-20-9-6-8-18(14-20)22(23)24;1-2/h3-14,16H,15H2,1-2H3,(H3,23,24)(H,25,26);1-2H3/b4-3-,7-5-;. The molecule has 2 aromatic rings. The first-order valence-electron chi connectivity index (χ1n) is 9.76. The van der Waals surface area contributed by atoms with Crippen molar-refractivity contribution in [2.75, 3.05) is 11.9 Å². The molecule has 154 valence electrons. The van der Waals surface area contributed by atoms with Crippen molar-refractivity contribution in [1.82, 2.24) is 0 Å². The van der Waals surface area contributed by atoms with Crippen LogP contribution in [0.4, 0.5) is 5.69 Å². The Morgan fingerprint density at radius 2 is 1.86 bits per heavy atom. The average Bonchev–Trinajstić information content (AvgIpc) is 2.74. The van der Waals surface area contributed by atoms with E-state index in [-0.39, 0.29) is 18.3 Å². The maximum Gasteiger partial charge on any atom is 0.262 e. The molecule has 0 aliphatic heterocycles. The van der Waals surface area contributed by atoms with E-state index in [9.17, 15) is 4.79 Å². The Bertz CT molecular complexity index is 839. The predicted molar refractivity (Wildman–Crippen MR) is 122 cm³/mol. The summed E-state index contributed by atoms with van der Waals surface area (Å²) in [6.45, 7) is 7.98. The lowest BCUT2D eigenvalue weighted by atomic mass is 10.0. The zero-order valence-electron chi connectivity index (χ0n) is 17.6. The van der Waals surface area contributed by atoms with Gasteiger partial charge in [0.2, 0.25) is 0 Å². The van der Waals surface area contributed by atoms with Crippen LogP contribution < -0.4 is 15.8 Å². The van der Waals surface area contributed by atoms with Crippen LogP contribution in [0, 0.1) is 5.41 Å². The number of carbonyl (C=O) groups excluding carboxylic acids is 1. The maximum atomic E-state index is 12.1. The number of allylic oxidation sites excluding steroid dienone is 4. The van der Waals surface area contributed by atoms with Crippen LogP contribution in [0.25, 0.3) is 0 Å². The first-order valence-corrected chi connectivity index (χ1v) is 9.76. The van der Waals surface area contributed by atoms with Gasteiger partial charge in [0.25, 0.3) is 5.91 Å². The quantitative estimate of drug-likeness (QED) is 0.325. The van der Waals surface area contributed by atoms with Crippen LogP contribution in [0.2, 0.25) is 0 Å². The van der Waals surface area contributed by atoms with Crippen LogP contribution in [-0.4, -0.2) is 18.3 Å². The summed E-state index contributed by atoms with van der Waals surface area (Å²) in [6.07, 6.45) is 8.13. The largest absolute Gasteiger partial charge is 0.484 e. The molecule has 2 rings (SSSR count). The van der Waals surface area contributed by atoms with Gasteiger partial charge in [0, 0.05) is 11.3 Å². The Hall–Kier alpha value is -3.34. The lowest BCUT2D eigenvalue weighted by Gasteiger charge is -2.10. The molecule has 0 aliphatic rings. The molecule has 0 fully saturated rings. The lowest BCUT2D eigenvalue weighted by Crippen LogP contribution is -2.20. The number of benzene rings is 2. The third kappa shape index (κ3) is 8.47. The number of hydrogen-bond donors (Lipinski definition) is 3. The highest BCUT2D eigenvalue weighted by Crippen LogP contribution is 2.19. The molecule has 1 atom stereocenters. The van der Waals surface area contributed by atoms with E-state index < -0.39 is 0 Å². The molecule has 5 nitrogen and oxygen atoms in total. The van der Waals surface area contributed by atoms with E-state index in [1.165, 1.54) is 5.56 Å². The summed E-state index contributed by atoms with van der Waals surface area (Å²) >= 11 is 0. The van der Waals surface area contributed by atoms with Gasteiger partial charge >= 0.3 is 0 Å². The maximum absolute atomic E-state index is 12.1. The fourth-order valence-corrected chi connectivity index (χ4v) is 2.42. The minimum atomic E-state index is -0.253. The van der Waals surface area contributed by atoms with Crippen molar-refractivity contribution in [3.05, 3.63) is 84.0 Å². The van der Waals surface area contributed by atoms with Gasteiger partial charge in [0.15, 0.2) is 6.61 Å². The number of ether oxygens (including phenoxy) is 1. The van der Waals surface area contributed by atoms with E-state index in [4.69, 9.17) is 15.9 Å². The van der Waals surface area contributed by atoms with Gasteiger partial charge in [-0.05, 0) is 42.7 Å². The van der Waals surface area contributed by atoms with E-state index in [1.807, 2.05) is 63.3 Å². The second kappa shape index (κ2) is 12.9. The fourth-order valence-electron chi connectivity index (χ4n) is 2.42. The summed E-state index contributed by atoms with van der Waals surface area (Å²) in [6, 6.07) is 14.5. The molecule has 2 aromatic carbocycles. The van der Waals surface area contributed by atoms with Gasteiger partial charge in [0.05, 0.1) is 0 Å². The predicted octanol–water partition coefficient (Wildman–Crippen LogP) is 5.25. The normalized spacial score (nSPS) is 11.6. The van der Waals surface area contributed by atoms with Crippen molar-refractivity contribution in [3.63, 3.8) is 0 Å². The summed E-state index contributed by atoms with van der Waals surface area (Å²) in [4.78, 5) is 12.1. The van der Waals surface area contributed by atoms with E-state index in [2.05, 4.69) is 18.3 Å². The second-order valence-electron chi connectivity index (χ2n) is 6.10. The number of nitrogens with one attached hydrogen (secondary N) is 2. The number of nitrogens with two attached hydrogens (primary N) is 1. The number of rotatable bonds is 8. The van der Waals surface area contributed by atoms with E-state index in [1.54, 1.807) is 24.3 Å².